The molecule has 1 aromatic rings. The Kier molecular flexibility index (Phi) is 4.49. The molecule has 2 N–H and O–H groups in total. The number of aliphatic hydroxyl groups excluding tert-OH is 1. The van der Waals surface area contributed by atoms with Gasteiger partial charge in [0.25, 0.3) is 11.6 Å². The highest BCUT2D eigenvalue weighted by Crippen LogP contribution is 2.24. The third-order valence-corrected chi connectivity index (χ3v) is 3.53. The van der Waals surface area contributed by atoms with Crippen molar-refractivity contribution in [2.75, 3.05) is 19.8 Å². The molecule has 0 aromatic heterocycles. The summed E-state index contributed by atoms with van der Waals surface area (Å²) in [6.45, 7) is 0.420. The number of hydrogen-bond acceptors (Lipinski definition) is 5. The standard InChI is InChI=1S/C13H15FN2O5/c14-9-1-2-11(16(19)20)10(7-9)12(18)15-13(8-17)3-5-21-6-4-13/h1-2,7,17H,3-6,8H2,(H,15,18). The number of carbonyl (C=O) groups is 1. The lowest BCUT2D eigenvalue weighted by Gasteiger charge is -2.36. The number of carbonyl (C=O) groups excluding carboxylic acids is 1. The van der Waals surface area contributed by atoms with E-state index in [1.807, 2.05) is 0 Å². The fraction of sp³-hybridized carbons (Fsp3) is 0.462. The Morgan fingerprint density at radius 1 is 1.48 bits per heavy atom. The van der Waals surface area contributed by atoms with Gasteiger partial charge in [0, 0.05) is 19.3 Å². The highest BCUT2D eigenvalue weighted by Gasteiger charge is 2.35. The molecule has 114 valence electrons. The quantitative estimate of drug-likeness (QED) is 0.638. The molecule has 1 aliphatic rings. The molecule has 2 rings (SSSR count). The second-order valence-electron chi connectivity index (χ2n) is 4.92. The fourth-order valence-corrected chi connectivity index (χ4v) is 2.24. The van der Waals surface area contributed by atoms with Crippen LogP contribution in [0, 0.1) is 15.9 Å². The predicted molar refractivity (Wildman–Crippen MR) is 70.4 cm³/mol. The molecular weight excluding hydrogens is 283 g/mol. The van der Waals surface area contributed by atoms with Gasteiger partial charge in [0.05, 0.1) is 17.1 Å². The van der Waals surface area contributed by atoms with Gasteiger partial charge in [0.1, 0.15) is 11.4 Å². The van der Waals surface area contributed by atoms with Crippen LogP contribution in [0.1, 0.15) is 23.2 Å². The van der Waals surface area contributed by atoms with Crippen LogP contribution in [0.25, 0.3) is 0 Å². The number of nitro groups is 1. The smallest absolute Gasteiger partial charge is 0.282 e. The summed E-state index contributed by atoms with van der Waals surface area (Å²) >= 11 is 0. The first kappa shape index (κ1) is 15.3. The second kappa shape index (κ2) is 6.15. The molecule has 1 aliphatic heterocycles. The van der Waals surface area contributed by atoms with Gasteiger partial charge in [-0.15, -0.1) is 0 Å². The van der Waals surface area contributed by atoms with Crippen LogP contribution < -0.4 is 5.32 Å². The molecule has 0 unspecified atom stereocenters. The summed E-state index contributed by atoms with van der Waals surface area (Å²) in [5.74, 6) is -1.52. The van der Waals surface area contributed by atoms with Gasteiger partial charge in [-0.2, -0.15) is 0 Å². The van der Waals surface area contributed by atoms with E-state index in [4.69, 9.17) is 4.74 Å². The Hall–Kier alpha value is -2.06. The van der Waals surface area contributed by atoms with Gasteiger partial charge in [-0.25, -0.2) is 4.39 Å². The Labute approximate surface area is 119 Å². The number of nitrogens with one attached hydrogen (secondary N) is 1. The van der Waals surface area contributed by atoms with E-state index in [0.717, 1.165) is 18.2 Å². The molecule has 21 heavy (non-hydrogen) atoms. The zero-order valence-electron chi connectivity index (χ0n) is 11.2. The number of ether oxygens (including phenoxy) is 1. The predicted octanol–water partition coefficient (Wildman–Crippen LogP) is 1.01. The SMILES string of the molecule is O=C(NC1(CO)CCOCC1)c1cc(F)ccc1[N+](=O)[O-]. The minimum absolute atomic E-state index is 0.314. The Balaban J connectivity index is 2.27. The second-order valence-corrected chi connectivity index (χ2v) is 4.92. The highest BCUT2D eigenvalue weighted by molar-refractivity contribution is 5.98. The van der Waals surface area contributed by atoms with Crippen molar-refractivity contribution < 1.29 is 24.0 Å². The summed E-state index contributed by atoms with van der Waals surface area (Å²) < 4.78 is 18.4. The van der Waals surface area contributed by atoms with E-state index in [-0.39, 0.29) is 12.2 Å². The molecule has 1 heterocycles. The molecule has 0 radical (unpaired) electrons. The minimum atomic E-state index is -0.893. The monoisotopic (exact) mass is 298 g/mol. The zero-order valence-corrected chi connectivity index (χ0v) is 11.2. The summed E-state index contributed by atoms with van der Waals surface area (Å²) in [5, 5.41) is 23.0. The fourth-order valence-electron chi connectivity index (χ4n) is 2.24. The van der Waals surface area contributed by atoms with Crippen LogP contribution in [0.3, 0.4) is 0 Å². The number of benzene rings is 1. The first-order valence-electron chi connectivity index (χ1n) is 6.42. The van der Waals surface area contributed by atoms with E-state index in [1.165, 1.54) is 0 Å². The molecule has 8 heteroatoms. The molecule has 0 saturated carbocycles. The molecule has 0 spiro atoms. The molecule has 0 atom stereocenters. The number of nitro benzene ring substituents is 1. The maximum atomic E-state index is 13.3. The number of halogens is 1. The maximum Gasteiger partial charge on any atom is 0.282 e. The highest BCUT2D eigenvalue weighted by atomic mass is 19.1. The van der Waals surface area contributed by atoms with Gasteiger partial charge < -0.3 is 15.2 Å². The molecule has 0 aliphatic carbocycles. The van der Waals surface area contributed by atoms with Crippen molar-refractivity contribution in [3.8, 4) is 0 Å². The van der Waals surface area contributed by atoms with Crippen molar-refractivity contribution in [2.45, 2.75) is 18.4 Å². The van der Waals surface area contributed by atoms with Crippen molar-refractivity contribution in [1.82, 2.24) is 5.32 Å². The lowest BCUT2D eigenvalue weighted by molar-refractivity contribution is -0.385. The van der Waals surface area contributed by atoms with E-state index < -0.39 is 27.9 Å². The molecule has 1 aromatic carbocycles. The first-order valence-corrected chi connectivity index (χ1v) is 6.42. The number of nitrogens with zero attached hydrogens (tertiary/aromatic N) is 1. The molecule has 7 nitrogen and oxygen atoms in total. The van der Waals surface area contributed by atoms with Crippen molar-refractivity contribution in [1.29, 1.82) is 0 Å². The normalized spacial score (nSPS) is 17.2. The van der Waals surface area contributed by atoms with Gasteiger partial charge in [-0.1, -0.05) is 0 Å². The van der Waals surface area contributed by atoms with Crippen molar-refractivity contribution in [3.63, 3.8) is 0 Å². The molecular formula is C13H15FN2O5. The van der Waals surface area contributed by atoms with Crippen molar-refractivity contribution >= 4 is 11.6 Å². The largest absolute Gasteiger partial charge is 0.394 e. The first-order chi connectivity index (χ1) is 9.97. The van der Waals surface area contributed by atoms with Crippen LogP contribution in [0.2, 0.25) is 0 Å². The zero-order chi connectivity index (χ0) is 15.5. The number of hydrogen-bond donors (Lipinski definition) is 2. The van der Waals surface area contributed by atoms with E-state index in [9.17, 15) is 24.4 Å². The summed E-state index contributed by atoms with van der Waals surface area (Å²) in [4.78, 5) is 22.4. The number of aliphatic hydroxyl groups is 1. The van der Waals surface area contributed by atoms with E-state index in [1.54, 1.807) is 0 Å². The molecule has 0 bridgehead atoms. The Morgan fingerprint density at radius 2 is 2.14 bits per heavy atom. The van der Waals surface area contributed by atoms with Gasteiger partial charge >= 0.3 is 0 Å². The van der Waals surface area contributed by atoms with E-state index >= 15 is 0 Å². The molecule has 1 amide bonds. The lowest BCUT2D eigenvalue weighted by Crippen LogP contribution is -2.54. The summed E-state index contributed by atoms with van der Waals surface area (Å²) in [7, 11) is 0. The lowest BCUT2D eigenvalue weighted by atomic mass is 9.90. The minimum Gasteiger partial charge on any atom is -0.394 e. The van der Waals surface area contributed by atoms with Gasteiger partial charge in [0.2, 0.25) is 0 Å². The van der Waals surface area contributed by atoms with Crippen LogP contribution in [-0.4, -0.2) is 41.3 Å². The Bertz CT molecular complexity index is 557. The Morgan fingerprint density at radius 3 is 2.71 bits per heavy atom. The third-order valence-electron chi connectivity index (χ3n) is 3.53. The van der Waals surface area contributed by atoms with Gasteiger partial charge in [-0.3, -0.25) is 14.9 Å². The molecule has 1 saturated heterocycles. The maximum absolute atomic E-state index is 13.3. The van der Waals surface area contributed by atoms with Gasteiger partial charge in [0.15, 0.2) is 0 Å². The number of rotatable bonds is 4. The third kappa shape index (κ3) is 3.34. The van der Waals surface area contributed by atoms with Crippen LogP contribution >= 0.6 is 0 Å². The van der Waals surface area contributed by atoms with E-state index in [2.05, 4.69) is 5.32 Å². The van der Waals surface area contributed by atoms with E-state index in [0.29, 0.717) is 26.1 Å². The number of amides is 1. The van der Waals surface area contributed by atoms with Crippen LogP contribution in [0.4, 0.5) is 10.1 Å². The summed E-state index contributed by atoms with van der Waals surface area (Å²) in [6.07, 6.45) is 0.775. The van der Waals surface area contributed by atoms with Crippen LogP contribution in [0.15, 0.2) is 18.2 Å². The molecule has 1 fully saturated rings. The van der Waals surface area contributed by atoms with Crippen LogP contribution in [0.5, 0.6) is 0 Å². The summed E-state index contributed by atoms with van der Waals surface area (Å²) in [5.41, 5.74) is -1.73. The van der Waals surface area contributed by atoms with Crippen molar-refractivity contribution in [3.05, 3.63) is 39.7 Å². The summed E-state index contributed by atoms with van der Waals surface area (Å²) in [6, 6.07) is 2.68. The average Bonchev–Trinajstić information content (AvgIpc) is 2.47. The van der Waals surface area contributed by atoms with Gasteiger partial charge in [-0.05, 0) is 25.0 Å². The van der Waals surface area contributed by atoms with Crippen LogP contribution in [-0.2, 0) is 4.74 Å². The average molecular weight is 298 g/mol. The topological polar surface area (TPSA) is 102 Å². The van der Waals surface area contributed by atoms with Crippen molar-refractivity contribution in [2.24, 2.45) is 0 Å².